The number of hydrogen-bond donors (Lipinski definition) is 5. The zero-order valence-corrected chi connectivity index (χ0v) is 29.5. The fraction of sp³-hybridized carbons (Fsp3) is 0.0645. The number of hydrazone groups is 1. The lowest BCUT2D eigenvalue weighted by molar-refractivity contribution is 0.106. The topological polar surface area (TPSA) is 259 Å². The highest BCUT2D eigenvalue weighted by Crippen LogP contribution is 2.36. The molecule has 52 heavy (non-hydrogen) atoms. The number of Topliss-reactive ketones (excluding diaryl/α,β-unsaturated/α-hetero) is 1. The highest BCUT2D eigenvalue weighted by Gasteiger charge is 2.36. The fourth-order valence-corrected chi connectivity index (χ4v) is 7.62. The van der Waals surface area contributed by atoms with Crippen LogP contribution in [0.4, 0.5) is 29.0 Å². The monoisotopic (exact) mass is 785 g/mol. The van der Waals surface area contributed by atoms with E-state index in [9.17, 15) is 43.7 Å². The van der Waals surface area contributed by atoms with Gasteiger partial charge in [0.2, 0.25) is 23.0 Å². The minimum Gasteiger partial charge on any atom is -0.323 e. The van der Waals surface area contributed by atoms with Gasteiger partial charge < -0.3 is 10.2 Å². The predicted octanol–water partition coefficient (Wildman–Crippen LogP) is 4.97. The molecular formula is C31H24ClN7O10S3. The third-order valence-electron chi connectivity index (χ3n) is 7.57. The Morgan fingerprint density at radius 2 is 1.50 bits per heavy atom. The number of allylic oxidation sites excluding steroid dienone is 1. The highest BCUT2D eigenvalue weighted by molar-refractivity contribution is 7.91. The smallest absolute Gasteiger partial charge is 0.297 e. The number of halogens is 1. The first-order chi connectivity index (χ1) is 24.5. The first-order valence-electron chi connectivity index (χ1n) is 14.7. The maximum Gasteiger partial charge on any atom is 0.297 e. The van der Waals surface area contributed by atoms with Gasteiger partial charge >= 0.3 is 0 Å². The standard InChI is InChI=1S/C31H24ClN7O10S3/c1-2-39(19-9-4-3-5-10-19)31-35-29(32)34-30(36-31)33-23-16-20(50(41,42)43)14-18-15-24(51(44,45)46)26(27(40)25(18)23)38-37-22-13-12-17-8-6-7-11-21(17)28(22)52(47,48)49/h3-16,37H,2H2,1H3,(H,41,42,43)(H,44,45,46)(H,47,48,49)(H,33,34,35,36). The van der Waals surface area contributed by atoms with Crippen molar-refractivity contribution in [3.8, 4) is 0 Å². The minimum absolute atomic E-state index is 0.0485. The Balaban J connectivity index is 1.51. The fourth-order valence-electron chi connectivity index (χ4n) is 5.40. The minimum atomic E-state index is -5.28. The van der Waals surface area contributed by atoms with Crippen molar-refractivity contribution >= 4 is 99.3 Å². The lowest BCUT2D eigenvalue weighted by Crippen LogP contribution is -2.28. The first kappa shape index (κ1) is 36.4. The summed E-state index contributed by atoms with van der Waals surface area (Å²) >= 11 is 6.23. The van der Waals surface area contributed by atoms with Gasteiger partial charge in [0.25, 0.3) is 30.4 Å². The van der Waals surface area contributed by atoms with Crippen LogP contribution in [0, 0.1) is 0 Å². The van der Waals surface area contributed by atoms with Crippen molar-refractivity contribution in [2.45, 2.75) is 16.7 Å². The quantitative estimate of drug-likeness (QED) is 0.0925. The average Bonchev–Trinajstić information content (AvgIpc) is 3.06. The van der Waals surface area contributed by atoms with Crippen molar-refractivity contribution in [2.24, 2.45) is 5.10 Å². The molecular weight excluding hydrogens is 762 g/mol. The van der Waals surface area contributed by atoms with Crippen LogP contribution in [0.25, 0.3) is 16.8 Å². The number of carbonyl (C=O) groups is 1. The average molecular weight is 786 g/mol. The molecule has 0 saturated carbocycles. The molecule has 1 aromatic heterocycles. The van der Waals surface area contributed by atoms with Gasteiger partial charge in [-0.1, -0.05) is 48.5 Å². The first-order valence-corrected chi connectivity index (χ1v) is 19.4. The number of rotatable bonds is 10. The van der Waals surface area contributed by atoms with E-state index in [-0.39, 0.29) is 33.9 Å². The second kappa shape index (κ2) is 13.7. The number of aromatic nitrogens is 3. The van der Waals surface area contributed by atoms with Crippen LogP contribution in [0.15, 0.2) is 98.7 Å². The molecule has 0 aliphatic heterocycles. The van der Waals surface area contributed by atoms with Crippen molar-refractivity contribution in [1.29, 1.82) is 0 Å². The SMILES string of the molecule is CCN(c1ccccc1)c1nc(Cl)nc(Nc2cc(S(=O)(=O)O)cc3c2C(=O)C(=NNc2ccc4ccccc4c2S(=O)(=O)O)C(S(=O)(=O)O)=C3)n1. The van der Waals surface area contributed by atoms with E-state index in [4.69, 9.17) is 11.6 Å². The number of para-hydroxylation sites is 1. The molecule has 21 heteroatoms. The number of benzene rings is 4. The van der Waals surface area contributed by atoms with Crippen LogP contribution in [0.2, 0.25) is 5.28 Å². The van der Waals surface area contributed by atoms with E-state index in [1.165, 1.54) is 24.3 Å². The summed E-state index contributed by atoms with van der Waals surface area (Å²) in [5.41, 5.74) is 0.428. The molecule has 0 bridgehead atoms. The Kier molecular flexibility index (Phi) is 9.57. The van der Waals surface area contributed by atoms with E-state index in [1.54, 1.807) is 47.4 Å². The van der Waals surface area contributed by atoms with Gasteiger partial charge in [0, 0.05) is 17.6 Å². The Hall–Kier alpha value is -5.35. The molecule has 5 aromatic rings. The molecule has 0 atom stereocenters. The molecule has 6 rings (SSSR count). The molecule has 0 amide bonds. The summed E-state index contributed by atoms with van der Waals surface area (Å²) in [6.45, 7) is 2.18. The summed E-state index contributed by atoms with van der Waals surface area (Å²) < 4.78 is 105. The van der Waals surface area contributed by atoms with E-state index in [1.807, 2.05) is 6.92 Å². The number of nitrogens with one attached hydrogen (secondary N) is 2. The molecule has 1 heterocycles. The zero-order valence-electron chi connectivity index (χ0n) is 26.3. The van der Waals surface area contributed by atoms with Gasteiger partial charge in [-0.2, -0.15) is 45.3 Å². The van der Waals surface area contributed by atoms with E-state index < -0.39 is 67.7 Å². The molecule has 0 saturated heterocycles. The van der Waals surface area contributed by atoms with Gasteiger partial charge in [0.15, 0.2) is 5.71 Å². The van der Waals surface area contributed by atoms with Crippen molar-refractivity contribution in [3.05, 3.63) is 100 Å². The van der Waals surface area contributed by atoms with E-state index >= 15 is 0 Å². The number of fused-ring (bicyclic) bond motifs is 2. The molecule has 1 aliphatic carbocycles. The van der Waals surface area contributed by atoms with Gasteiger partial charge in [0.05, 0.1) is 21.8 Å². The van der Waals surface area contributed by atoms with E-state index in [0.29, 0.717) is 17.6 Å². The third kappa shape index (κ3) is 7.34. The van der Waals surface area contributed by atoms with Crippen molar-refractivity contribution in [3.63, 3.8) is 0 Å². The van der Waals surface area contributed by atoms with E-state index in [2.05, 4.69) is 30.8 Å². The molecule has 0 unspecified atom stereocenters. The van der Waals surface area contributed by atoms with Crippen molar-refractivity contribution in [1.82, 2.24) is 15.0 Å². The normalized spacial score (nSPS) is 14.2. The number of hydrogen-bond acceptors (Lipinski definition) is 14. The highest BCUT2D eigenvalue weighted by atomic mass is 35.5. The van der Waals surface area contributed by atoms with Crippen LogP contribution < -0.4 is 15.6 Å². The maximum absolute atomic E-state index is 14.1. The Bertz CT molecular complexity index is 2690. The van der Waals surface area contributed by atoms with Crippen LogP contribution in [0.1, 0.15) is 22.8 Å². The van der Waals surface area contributed by atoms with Crippen LogP contribution >= 0.6 is 11.6 Å². The number of anilines is 5. The van der Waals surface area contributed by atoms with Crippen LogP contribution in [0.5, 0.6) is 0 Å². The van der Waals surface area contributed by atoms with Crippen LogP contribution in [0.3, 0.4) is 0 Å². The second-order valence-electron chi connectivity index (χ2n) is 10.9. The molecule has 0 spiro atoms. The molecule has 5 N–H and O–H groups in total. The number of nitrogens with zero attached hydrogens (tertiary/aromatic N) is 5. The lowest BCUT2D eigenvalue weighted by atomic mass is 9.93. The van der Waals surface area contributed by atoms with Gasteiger partial charge in [-0.15, -0.1) is 0 Å². The molecule has 4 aromatic carbocycles. The van der Waals surface area contributed by atoms with Crippen molar-refractivity contribution < 1.29 is 43.7 Å². The van der Waals surface area contributed by atoms with Gasteiger partial charge in [0.1, 0.15) is 9.80 Å². The Labute approximate surface area is 301 Å². The zero-order chi connectivity index (χ0) is 37.6. The lowest BCUT2D eigenvalue weighted by Gasteiger charge is -2.22. The van der Waals surface area contributed by atoms with E-state index in [0.717, 1.165) is 18.2 Å². The Morgan fingerprint density at radius 3 is 2.15 bits per heavy atom. The van der Waals surface area contributed by atoms with Gasteiger partial charge in [-0.05, 0) is 65.9 Å². The molecule has 268 valence electrons. The summed E-state index contributed by atoms with van der Waals surface area (Å²) in [5.74, 6) is -1.48. The second-order valence-corrected chi connectivity index (χ2v) is 15.4. The van der Waals surface area contributed by atoms with Crippen molar-refractivity contribution in [2.75, 3.05) is 22.2 Å². The van der Waals surface area contributed by atoms with Crippen LogP contribution in [-0.2, 0) is 30.4 Å². The summed E-state index contributed by atoms with van der Waals surface area (Å²) in [6, 6.07) is 19.3. The number of carbonyl (C=O) groups excluding carboxylic acids is 1. The molecule has 1 aliphatic rings. The van der Waals surface area contributed by atoms with Gasteiger partial charge in [-0.3, -0.25) is 23.9 Å². The largest absolute Gasteiger partial charge is 0.323 e. The maximum atomic E-state index is 14.1. The Morgan fingerprint density at radius 1 is 0.808 bits per heavy atom. The number of ketones is 1. The summed E-state index contributed by atoms with van der Waals surface area (Å²) in [6.07, 6.45) is 0.719. The predicted molar refractivity (Wildman–Crippen MR) is 192 cm³/mol. The third-order valence-corrected chi connectivity index (χ3v) is 10.4. The molecule has 17 nitrogen and oxygen atoms in total. The summed E-state index contributed by atoms with van der Waals surface area (Å²) in [5, 5.41) is 6.70. The molecule has 0 fully saturated rings. The summed E-state index contributed by atoms with van der Waals surface area (Å²) in [4.78, 5) is 25.8. The van der Waals surface area contributed by atoms with Crippen LogP contribution in [-0.4, -0.2) is 71.9 Å². The summed E-state index contributed by atoms with van der Waals surface area (Å²) in [7, 11) is -15.2. The van der Waals surface area contributed by atoms with Gasteiger partial charge in [-0.25, -0.2) is 0 Å². The molecule has 0 radical (unpaired) electrons.